The highest BCUT2D eigenvalue weighted by molar-refractivity contribution is 7.83. The number of nitrogens with zero attached hydrogens (tertiary/aromatic N) is 3. The molecule has 39 heavy (non-hydrogen) atoms. The molecule has 0 aliphatic carbocycles. The monoisotopic (exact) mass is 551 g/mol. The molecule has 2 aromatic carbocycles. The van der Waals surface area contributed by atoms with Gasteiger partial charge in [0.1, 0.15) is 16.6 Å². The Morgan fingerprint density at radius 2 is 1.64 bits per heavy atom. The Kier molecular flexibility index (Phi) is 8.84. The van der Waals surface area contributed by atoms with Crippen molar-refractivity contribution >= 4 is 33.9 Å². The van der Waals surface area contributed by atoms with Crippen LogP contribution in [-0.2, 0) is 41.7 Å². The molecule has 2 aliphatic rings. The summed E-state index contributed by atoms with van der Waals surface area (Å²) in [5, 5.41) is 0.885. The van der Waals surface area contributed by atoms with E-state index in [9.17, 15) is 13.8 Å². The molecule has 3 aromatic rings. The number of carbonyl (C=O) groups is 2. The highest BCUT2D eigenvalue weighted by Crippen LogP contribution is 2.34. The highest BCUT2D eigenvalue weighted by atomic mass is 32.2. The zero-order valence-corrected chi connectivity index (χ0v) is 24.9. The second-order valence-electron chi connectivity index (χ2n) is 10.9. The molecule has 0 bridgehead atoms. The standard InChI is InChI=1S/C29H35N3O4S.C2H6/c1-5-16-37(35)32-25-11-10-21(27(33)30-14-12-20-8-6-7-9-22(20)18-30)17-23(25)24-19-31(15-13-26(24)32)28(34)36-29(2,3)4;1-2/h6-11,17H,5,12-16,18-19H2,1-4H3;1-2H3. The van der Waals surface area contributed by atoms with E-state index in [-0.39, 0.29) is 12.0 Å². The van der Waals surface area contributed by atoms with Crippen LogP contribution in [0.2, 0.25) is 0 Å². The Balaban J connectivity index is 0.00000172. The summed E-state index contributed by atoms with van der Waals surface area (Å²) in [6.07, 6.45) is 1.88. The summed E-state index contributed by atoms with van der Waals surface area (Å²) in [4.78, 5) is 30.0. The van der Waals surface area contributed by atoms with Gasteiger partial charge >= 0.3 is 6.09 Å². The van der Waals surface area contributed by atoms with Crippen LogP contribution >= 0.6 is 0 Å². The van der Waals surface area contributed by atoms with Gasteiger partial charge < -0.3 is 14.5 Å². The molecule has 1 unspecified atom stereocenters. The van der Waals surface area contributed by atoms with Gasteiger partial charge in [0.05, 0.1) is 12.1 Å². The lowest BCUT2D eigenvalue weighted by atomic mass is 9.98. The van der Waals surface area contributed by atoms with Crippen LogP contribution in [0.1, 0.15) is 80.7 Å². The first kappa shape index (κ1) is 28.9. The van der Waals surface area contributed by atoms with E-state index >= 15 is 0 Å². The lowest BCUT2D eigenvalue weighted by Crippen LogP contribution is -2.40. The molecule has 1 aromatic heterocycles. The van der Waals surface area contributed by atoms with Gasteiger partial charge in [0, 0.05) is 54.0 Å². The Labute approximate surface area is 234 Å². The van der Waals surface area contributed by atoms with Crippen molar-refractivity contribution in [1.82, 2.24) is 13.8 Å². The molecule has 0 N–H and O–H groups in total. The van der Waals surface area contributed by atoms with Gasteiger partial charge in [-0.2, -0.15) is 0 Å². The maximum atomic E-state index is 13.6. The third-order valence-electron chi connectivity index (χ3n) is 7.00. The van der Waals surface area contributed by atoms with Crippen molar-refractivity contribution in [2.24, 2.45) is 0 Å². The molecule has 0 saturated heterocycles. The van der Waals surface area contributed by atoms with Crippen molar-refractivity contribution in [2.45, 2.75) is 79.5 Å². The van der Waals surface area contributed by atoms with Gasteiger partial charge in [-0.3, -0.25) is 8.77 Å². The van der Waals surface area contributed by atoms with E-state index in [0.717, 1.165) is 35.0 Å². The minimum absolute atomic E-state index is 0.00704. The van der Waals surface area contributed by atoms with Crippen LogP contribution in [0.4, 0.5) is 4.79 Å². The number of ether oxygens (including phenoxy) is 1. The first-order chi connectivity index (χ1) is 18.7. The number of rotatable bonds is 4. The van der Waals surface area contributed by atoms with E-state index in [1.54, 1.807) is 4.90 Å². The normalized spacial score (nSPS) is 15.6. The lowest BCUT2D eigenvalue weighted by Gasteiger charge is -2.30. The Hall–Kier alpha value is -3.13. The molecular formula is C31H41N3O4S. The van der Waals surface area contributed by atoms with Crippen LogP contribution in [-0.4, -0.2) is 54.4 Å². The van der Waals surface area contributed by atoms with Crippen molar-refractivity contribution in [2.75, 3.05) is 18.8 Å². The number of amides is 2. The van der Waals surface area contributed by atoms with E-state index in [1.165, 1.54) is 11.1 Å². The maximum absolute atomic E-state index is 13.6. The summed E-state index contributed by atoms with van der Waals surface area (Å²) in [5.74, 6) is 0.548. The molecular weight excluding hydrogens is 510 g/mol. The molecule has 0 radical (unpaired) electrons. The molecule has 0 fully saturated rings. The Morgan fingerprint density at radius 1 is 0.949 bits per heavy atom. The van der Waals surface area contributed by atoms with Gasteiger partial charge in [-0.15, -0.1) is 0 Å². The van der Waals surface area contributed by atoms with Crippen LogP contribution < -0.4 is 0 Å². The third kappa shape index (κ3) is 6.06. The van der Waals surface area contributed by atoms with Crippen LogP contribution in [0.15, 0.2) is 42.5 Å². The fraction of sp³-hybridized carbons (Fsp3) is 0.484. The van der Waals surface area contributed by atoms with Gasteiger partial charge in [0.2, 0.25) is 0 Å². The zero-order valence-electron chi connectivity index (χ0n) is 24.1. The molecule has 210 valence electrons. The van der Waals surface area contributed by atoms with E-state index in [0.29, 0.717) is 43.9 Å². The number of hydrogen-bond donors (Lipinski definition) is 0. The average molecular weight is 552 g/mol. The molecule has 0 saturated carbocycles. The summed E-state index contributed by atoms with van der Waals surface area (Å²) in [5.41, 5.74) is 5.31. The molecule has 2 amide bonds. The molecule has 7 nitrogen and oxygen atoms in total. The summed E-state index contributed by atoms with van der Waals surface area (Å²) in [6.45, 7) is 13.7. The van der Waals surface area contributed by atoms with Gasteiger partial charge in [0.25, 0.3) is 5.91 Å². The third-order valence-corrected chi connectivity index (χ3v) is 8.58. The number of aromatic nitrogens is 1. The van der Waals surface area contributed by atoms with Crippen LogP contribution in [0.25, 0.3) is 10.9 Å². The van der Waals surface area contributed by atoms with Gasteiger partial charge in [-0.05, 0) is 62.9 Å². The number of benzene rings is 2. The second-order valence-corrected chi connectivity index (χ2v) is 12.3. The molecule has 5 rings (SSSR count). The van der Waals surface area contributed by atoms with Crippen molar-refractivity contribution in [1.29, 1.82) is 0 Å². The second kappa shape index (κ2) is 11.9. The van der Waals surface area contributed by atoms with Gasteiger partial charge in [-0.1, -0.05) is 45.0 Å². The number of carbonyl (C=O) groups excluding carboxylic acids is 2. The summed E-state index contributed by atoms with van der Waals surface area (Å²) < 4.78 is 20.8. The van der Waals surface area contributed by atoms with Crippen molar-refractivity contribution in [3.05, 3.63) is 70.4 Å². The highest BCUT2D eigenvalue weighted by Gasteiger charge is 2.31. The van der Waals surface area contributed by atoms with Crippen molar-refractivity contribution < 1.29 is 18.5 Å². The SMILES string of the molecule is CC.CCCS(=O)n1c2c(c3cc(C(=O)N4CCc5ccccc5C4)ccc31)CN(C(=O)OC(C)(C)C)CC2. The summed E-state index contributed by atoms with van der Waals surface area (Å²) in [7, 11) is -1.21. The van der Waals surface area contributed by atoms with E-state index in [4.69, 9.17) is 4.74 Å². The van der Waals surface area contributed by atoms with Gasteiger partial charge in [-0.25, -0.2) is 9.00 Å². The molecule has 2 aliphatic heterocycles. The maximum Gasteiger partial charge on any atom is 0.410 e. The zero-order chi connectivity index (χ0) is 28.3. The summed E-state index contributed by atoms with van der Waals surface area (Å²) in [6, 6.07) is 14.0. The lowest BCUT2D eigenvalue weighted by molar-refractivity contribution is 0.0224. The fourth-order valence-electron chi connectivity index (χ4n) is 5.28. The van der Waals surface area contributed by atoms with Crippen molar-refractivity contribution in [3.63, 3.8) is 0 Å². The molecule has 8 heteroatoms. The molecule has 3 heterocycles. The van der Waals surface area contributed by atoms with Gasteiger partial charge in [0.15, 0.2) is 0 Å². The quantitative estimate of drug-likeness (QED) is 0.394. The van der Waals surface area contributed by atoms with Crippen LogP contribution in [0.5, 0.6) is 0 Å². The van der Waals surface area contributed by atoms with E-state index < -0.39 is 16.6 Å². The first-order valence-corrected chi connectivity index (χ1v) is 15.3. The predicted octanol–water partition coefficient (Wildman–Crippen LogP) is 6.08. The minimum Gasteiger partial charge on any atom is -0.444 e. The van der Waals surface area contributed by atoms with E-state index in [1.807, 2.05) is 80.7 Å². The Morgan fingerprint density at radius 3 is 2.33 bits per heavy atom. The van der Waals surface area contributed by atoms with Crippen LogP contribution in [0.3, 0.4) is 0 Å². The topological polar surface area (TPSA) is 71.9 Å². The molecule has 1 atom stereocenters. The fourth-order valence-corrected chi connectivity index (χ4v) is 6.64. The molecule has 0 spiro atoms. The smallest absolute Gasteiger partial charge is 0.410 e. The van der Waals surface area contributed by atoms with E-state index in [2.05, 4.69) is 12.1 Å². The van der Waals surface area contributed by atoms with Crippen LogP contribution in [0, 0.1) is 0 Å². The first-order valence-electron chi connectivity index (χ1n) is 14.1. The predicted molar refractivity (Wildman–Crippen MR) is 157 cm³/mol. The number of fused-ring (bicyclic) bond motifs is 4. The summed E-state index contributed by atoms with van der Waals surface area (Å²) >= 11 is 0. The average Bonchev–Trinajstić information content (AvgIpc) is 3.25. The van der Waals surface area contributed by atoms with Crippen molar-refractivity contribution in [3.8, 4) is 0 Å². The number of hydrogen-bond acceptors (Lipinski definition) is 4. The minimum atomic E-state index is -1.21. The Bertz CT molecular complexity index is 1390. The largest absolute Gasteiger partial charge is 0.444 e.